The molecule has 3 unspecified atom stereocenters. The Morgan fingerprint density at radius 3 is 2.44 bits per heavy atom. The van der Waals surface area contributed by atoms with Crippen molar-refractivity contribution in [2.24, 2.45) is 0 Å². The number of nitrogens with one attached hydrogen (secondary N) is 3. The van der Waals surface area contributed by atoms with E-state index in [-0.39, 0.29) is 18.5 Å². The topological polar surface area (TPSA) is 36.1 Å². The van der Waals surface area contributed by atoms with E-state index >= 15 is 0 Å². The molecule has 0 radical (unpaired) electrons. The monoisotopic (exact) mass is 397 g/mol. The van der Waals surface area contributed by atoms with Crippen LogP contribution in [0, 0.1) is 0 Å². The lowest BCUT2D eigenvalue weighted by Crippen LogP contribution is -2.64. The molecule has 0 bridgehead atoms. The summed E-state index contributed by atoms with van der Waals surface area (Å²) in [5.74, 6) is 0. The van der Waals surface area contributed by atoms with Crippen LogP contribution in [0.5, 0.6) is 0 Å². The third-order valence-electron chi connectivity index (χ3n) is 4.97. The van der Waals surface area contributed by atoms with Gasteiger partial charge >= 0.3 is 0 Å². The second kappa shape index (κ2) is 7.83. The SMILES string of the molecule is BrC1=CC(C2NC(C3=CC=CCC3)NC(c3ccccc3)N2)=CCC1. The Balaban J connectivity index is 1.62. The summed E-state index contributed by atoms with van der Waals surface area (Å²) in [6.45, 7) is 0. The van der Waals surface area contributed by atoms with Gasteiger partial charge in [-0.3, -0.25) is 16.0 Å². The lowest BCUT2D eigenvalue weighted by atomic mass is 9.97. The van der Waals surface area contributed by atoms with Crippen molar-refractivity contribution in [2.75, 3.05) is 0 Å². The second-order valence-electron chi connectivity index (χ2n) is 6.75. The summed E-state index contributed by atoms with van der Waals surface area (Å²) < 4.78 is 1.28. The molecule has 130 valence electrons. The fraction of sp³-hybridized carbons (Fsp3) is 0.333. The van der Waals surface area contributed by atoms with Gasteiger partial charge in [-0.15, -0.1) is 0 Å². The van der Waals surface area contributed by atoms with Crippen molar-refractivity contribution in [1.82, 2.24) is 16.0 Å². The van der Waals surface area contributed by atoms with Crippen molar-refractivity contribution < 1.29 is 0 Å². The molecule has 3 N–H and O–H groups in total. The fourth-order valence-corrected chi connectivity index (χ4v) is 4.13. The Morgan fingerprint density at radius 1 is 0.880 bits per heavy atom. The molecule has 1 aromatic rings. The molecule has 25 heavy (non-hydrogen) atoms. The van der Waals surface area contributed by atoms with Crippen molar-refractivity contribution in [3.8, 4) is 0 Å². The highest BCUT2D eigenvalue weighted by atomic mass is 79.9. The summed E-state index contributed by atoms with van der Waals surface area (Å²) in [5, 5.41) is 11.2. The highest BCUT2D eigenvalue weighted by molar-refractivity contribution is 9.11. The van der Waals surface area contributed by atoms with Crippen LogP contribution in [0.15, 0.2) is 76.3 Å². The number of halogens is 1. The molecule has 1 saturated heterocycles. The Bertz CT molecular complexity index is 733. The summed E-state index contributed by atoms with van der Waals surface area (Å²) in [7, 11) is 0. The predicted octanol–water partition coefficient (Wildman–Crippen LogP) is 4.40. The molecule has 0 aromatic heterocycles. The van der Waals surface area contributed by atoms with E-state index in [1.165, 1.54) is 21.2 Å². The molecular formula is C21H24BrN3. The number of allylic oxidation sites excluding steroid dienone is 5. The molecule has 1 aromatic carbocycles. The van der Waals surface area contributed by atoms with Crippen molar-refractivity contribution in [3.63, 3.8) is 0 Å². The van der Waals surface area contributed by atoms with E-state index in [4.69, 9.17) is 0 Å². The molecular weight excluding hydrogens is 374 g/mol. The number of hydrogen-bond acceptors (Lipinski definition) is 3. The highest BCUT2D eigenvalue weighted by Crippen LogP contribution is 2.27. The Labute approximate surface area is 158 Å². The molecule has 1 heterocycles. The van der Waals surface area contributed by atoms with Crippen LogP contribution < -0.4 is 16.0 Å². The molecule has 2 aliphatic carbocycles. The van der Waals surface area contributed by atoms with Crippen LogP contribution >= 0.6 is 15.9 Å². The van der Waals surface area contributed by atoms with Gasteiger partial charge in [0.2, 0.25) is 0 Å². The van der Waals surface area contributed by atoms with E-state index in [0.717, 1.165) is 25.7 Å². The van der Waals surface area contributed by atoms with E-state index in [0.29, 0.717) is 0 Å². The van der Waals surface area contributed by atoms with Gasteiger partial charge in [0.15, 0.2) is 0 Å². The number of rotatable bonds is 3. The molecule has 3 nitrogen and oxygen atoms in total. The summed E-state index contributed by atoms with van der Waals surface area (Å²) in [5.41, 5.74) is 4.01. The molecule has 3 aliphatic rings. The first-order valence-corrected chi connectivity index (χ1v) is 9.84. The quantitative estimate of drug-likeness (QED) is 0.707. The van der Waals surface area contributed by atoms with Gasteiger partial charge in [0.05, 0.1) is 18.5 Å². The zero-order valence-electron chi connectivity index (χ0n) is 14.2. The maximum absolute atomic E-state index is 3.76. The third kappa shape index (κ3) is 4.04. The van der Waals surface area contributed by atoms with Gasteiger partial charge in [0, 0.05) is 0 Å². The highest BCUT2D eigenvalue weighted by Gasteiger charge is 2.31. The summed E-state index contributed by atoms with van der Waals surface area (Å²) in [4.78, 5) is 0. The molecule has 0 spiro atoms. The van der Waals surface area contributed by atoms with Gasteiger partial charge in [-0.1, -0.05) is 70.6 Å². The van der Waals surface area contributed by atoms with Gasteiger partial charge < -0.3 is 0 Å². The van der Waals surface area contributed by atoms with Crippen molar-refractivity contribution in [2.45, 2.75) is 44.2 Å². The molecule has 4 heteroatoms. The zero-order valence-corrected chi connectivity index (χ0v) is 15.8. The van der Waals surface area contributed by atoms with Crippen molar-refractivity contribution >= 4 is 15.9 Å². The van der Waals surface area contributed by atoms with Crippen molar-refractivity contribution in [1.29, 1.82) is 0 Å². The molecule has 1 fully saturated rings. The van der Waals surface area contributed by atoms with Crippen LogP contribution in [0.1, 0.15) is 37.4 Å². The number of hydrogen-bond donors (Lipinski definition) is 3. The smallest absolute Gasteiger partial charge is 0.0864 e. The van der Waals surface area contributed by atoms with E-state index in [1.54, 1.807) is 0 Å². The summed E-state index contributed by atoms with van der Waals surface area (Å²) in [6, 6.07) is 10.6. The van der Waals surface area contributed by atoms with Crippen LogP contribution in [0.2, 0.25) is 0 Å². The Morgan fingerprint density at radius 2 is 1.68 bits per heavy atom. The second-order valence-corrected chi connectivity index (χ2v) is 7.77. The summed E-state index contributed by atoms with van der Waals surface area (Å²) in [6.07, 6.45) is 16.1. The van der Waals surface area contributed by atoms with Gasteiger partial charge in [-0.25, -0.2) is 0 Å². The average Bonchev–Trinajstić information content (AvgIpc) is 2.69. The van der Waals surface area contributed by atoms with Crippen molar-refractivity contribution in [3.05, 3.63) is 81.9 Å². The van der Waals surface area contributed by atoms with Gasteiger partial charge in [-0.2, -0.15) is 0 Å². The van der Waals surface area contributed by atoms with Crippen LogP contribution in [0.4, 0.5) is 0 Å². The molecule has 1 aliphatic heterocycles. The minimum Gasteiger partial charge on any atom is -0.279 e. The molecule has 4 rings (SSSR count). The van der Waals surface area contributed by atoms with Crippen LogP contribution in [-0.2, 0) is 0 Å². The van der Waals surface area contributed by atoms with E-state index in [2.05, 4.69) is 92.6 Å². The largest absolute Gasteiger partial charge is 0.279 e. The Hall–Kier alpha value is -1.46. The fourth-order valence-electron chi connectivity index (χ4n) is 3.64. The van der Waals surface area contributed by atoms with Crippen LogP contribution in [0.25, 0.3) is 0 Å². The predicted molar refractivity (Wildman–Crippen MR) is 107 cm³/mol. The maximum Gasteiger partial charge on any atom is 0.0864 e. The lowest BCUT2D eigenvalue weighted by molar-refractivity contribution is 0.240. The van der Waals surface area contributed by atoms with Crippen LogP contribution in [0.3, 0.4) is 0 Å². The maximum atomic E-state index is 3.76. The minimum absolute atomic E-state index is 0.124. The standard InChI is InChI=1S/C21H24BrN3/c22-18-13-7-12-17(14-18)21-24-19(15-8-3-1-4-9-15)23-20(25-21)16-10-5-2-6-11-16/h1-5,8-10,12,14,19-21,23-25H,6-7,11,13H2. The third-order valence-corrected chi connectivity index (χ3v) is 5.60. The average molecular weight is 398 g/mol. The summed E-state index contributed by atoms with van der Waals surface area (Å²) >= 11 is 3.68. The van der Waals surface area contributed by atoms with Gasteiger partial charge in [0.1, 0.15) is 0 Å². The van der Waals surface area contributed by atoms with E-state index < -0.39 is 0 Å². The van der Waals surface area contributed by atoms with Crippen LogP contribution in [-0.4, -0.2) is 12.3 Å². The molecule has 0 saturated carbocycles. The van der Waals surface area contributed by atoms with Gasteiger partial charge in [-0.05, 0) is 53.0 Å². The Kier molecular flexibility index (Phi) is 5.32. The zero-order chi connectivity index (χ0) is 17.1. The first-order chi connectivity index (χ1) is 12.3. The minimum atomic E-state index is 0.124. The van der Waals surface area contributed by atoms with E-state index in [1.807, 2.05) is 0 Å². The normalized spacial score (nSPS) is 29.6. The number of benzene rings is 1. The first kappa shape index (κ1) is 17.0. The van der Waals surface area contributed by atoms with E-state index in [9.17, 15) is 0 Å². The molecule has 3 atom stereocenters. The van der Waals surface area contributed by atoms with Gasteiger partial charge in [0.25, 0.3) is 0 Å². The lowest BCUT2D eigenvalue weighted by Gasteiger charge is -2.41. The molecule has 0 amide bonds. The first-order valence-electron chi connectivity index (χ1n) is 9.04.